The predicted molar refractivity (Wildman–Crippen MR) is 89.6 cm³/mol. The van der Waals surface area contributed by atoms with Crippen molar-refractivity contribution in [3.8, 4) is 0 Å². The van der Waals surface area contributed by atoms with Crippen molar-refractivity contribution < 1.29 is 14.1 Å². The Morgan fingerprint density at radius 3 is 2.62 bits per heavy atom. The molecule has 1 amide bonds. The van der Waals surface area contributed by atoms with Gasteiger partial charge in [-0.2, -0.15) is 4.39 Å². The zero-order chi connectivity index (χ0) is 17.7. The summed E-state index contributed by atoms with van der Waals surface area (Å²) in [6, 6.07) is 9.37. The molecular formula is C18H19FN2O3. The third-order valence-corrected chi connectivity index (χ3v) is 3.81. The number of rotatable bonds is 6. The number of nitrogens with one attached hydrogen (secondary N) is 1. The minimum atomic E-state index is -0.952. The first kappa shape index (κ1) is 17.6. The van der Waals surface area contributed by atoms with Gasteiger partial charge in [0.25, 0.3) is 5.91 Å². The van der Waals surface area contributed by atoms with E-state index in [4.69, 9.17) is 0 Å². The third kappa shape index (κ3) is 4.38. The number of carbonyl (C=O) groups is 1. The Kier molecular flexibility index (Phi) is 5.63. The van der Waals surface area contributed by atoms with Gasteiger partial charge in [0.1, 0.15) is 0 Å². The molecule has 0 fully saturated rings. The fourth-order valence-electron chi connectivity index (χ4n) is 2.50. The van der Waals surface area contributed by atoms with Crippen LogP contribution in [0.15, 0.2) is 36.4 Å². The van der Waals surface area contributed by atoms with Gasteiger partial charge >= 0.3 is 5.69 Å². The monoisotopic (exact) mass is 330 g/mol. The molecule has 0 aliphatic carbocycles. The third-order valence-electron chi connectivity index (χ3n) is 3.81. The molecule has 0 spiro atoms. The highest BCUT2D eigenvalue weighted by Gasteiger charge is 2.17. The van der Waals surface area contributed by atoms with Gasteiger partial charge in [-0.05, 0) is 49.9 Å². The Morgan fingerprint density at radius 1 is 1.21 bits per heavy atom. The second-order valence-corrected chi connectivity index (χ2v) is 5.71. The fourth-order valence-corrected chi connectivity index (χ4v) is 2.50. The number of nitrogens with zero attached hydrogens (tertiary/aromatic N) is 1. The highest BCUT2D eigenvalue weighted by Crippen LogP contribution is 2.18. The van der Waals surface area contributed by atoms with E-state index in [1.54, 1.807) is 0 Å². The summed E-state index contributed by atoms with van der Waals surface area (Å²) in [4.78, 5) is 21.9. The quantitative estimate of drug-likeness (QED) is 0.498. The maximum atomic E-state index is 13.3. The molecule has 0 unspecified atom stereocenters. The SMILES string of the molecule is Cc1ccc(CCCNC(=O)c2ccc(F)c([N+](=O)[O-])c2)c(C)c1. The number of halogens is 1. The molecule has 0 aliphatic heterocycles. The second kappa shape index (κ2) is 7.68. The zero-order valence-corrected chi connectivity index (χ0v) is 13.6. The minimum Gasteiger partial charge on any atom is -0.352 e. The Morgan fingerprint density at radius 2 is 1.96 bits per heavy atom. The van der Waals surface area contributed by atoms with Gasteiger partial charge in [0.05, 0.1) is 4.92 Å². The molecule has 0 saturated heterocycles. The number of carbonyl (C=O) groups excluding carboxylic acids is 1. The van der Waals surface area contributed by atoms with E-state index < -0.39 is 22.3 Å². The normalized spacial score (nSPS) is 10.5. The molecule has 0 aliphatic rings. The van der Waals surface area contributed by atoms with Crippen molar-refractivity contribution in [2.75, 3.05) is 6.54 Å². The van der Waals surface area contributed by atoms with E-state index in [1.165, 1.54) is 22.8 Å². The molecule has 6 heteroatoms. The standard InChI is InChI=1S/C18H19FN2O3/c1-12-5-6-14(13(2)10-12)4-3-9-20-18(22)15-7-8-16(19)17(11-15)21(23)24/h5-8,10-11H,3-4,9H2,1-2H3,(H,20,22). The molecule has 1 N–H and O–H groups in total. The Bertz CT molecular complexity index is 775. The molecule has 126 valence electrons. The maximum absolute atomic E-state index is 13.3. The first-order valence-corrected chi connectivity index (χ1v) is 7.67. The average Bonchev–Trinajstić information content (AvgIpc) is 2.53. The summed E-state index contributed by atoms with van der Waals surface area (Å²) in [7, 11) is 0. The molecular weight excluding hydrogens is 311 g/mol. The van der Waals surface area contributed by atoms with Crippen LogP contribution in [-0.2, 0) is 6.42 Å². The van der Waals surface area contributed by atoms with Crippen molar-refractivity contribution in [2.24, 2.45) is 0 Å². The first-order valence-electron chi connectivity index (χ1n) is 7.67. The Labute approximate surface area is 139 Å². The van der Waals surface area contributed by atoms with Gasteiger partial charge in [0.15, 0.2) is 0 Å². The van der Waals surface area contributed by atoms with Crippen LogP contribution in [0.2, 0.25) is 0 Å². The molecule has 2 aromatic carbocycles. The molecule has 0 atom stereocenters. The van der Waals surface area contributed by atoms with E-state index in [2.05, 4.69) is 30.4 Å². The fraction of sp³-hybridized carbons (Fsp3) is 0.278. The number of nitro benzene ring substituents is 1. The lowest BCUT2D eigenvalue weighted by Crippen LogP contribution is -2.25. The molecule has 2 rings (SSSR count). The first-order chi connectivity index (χ1) is 11.4. The summed E-state index contributed by atoms with van der Waals surface area (Å²) in [5, 5.41) is 13.4. The highest BCUT2D eigenvalue weighted by atomic mass is 19.1. The summed E-state index contributed by atoms with van der Waals surface area (Å²) in [5.74, 6) is -1.40. The lowest BCUT2D eigenvalue weighted by Gasteiger charge is -2.08. The second-order valence-electron chi connectivity index (χ2n) is 5.71. The number of aryl methyl sites for hydroxylation is 3. The number of hydrogen-bond donors (Lipinski definition) is 1. The van der Waals surface area contributed by atoms with E-state index in [9.17, 15) is 19.3 Å². The van der Waals surface area contributed by atoms with Crippen LogP contribution < -0.4 is 5.32 Å². The summed E-state index contributed by atoms with van der Waals surface area (Å²) in [6.45, 7) is 4.54. The van der Waals surface area contributed by atoms with Gasteiger partial charge < -0.3 is 5.32 Å². The number of nitro groups is 1. The summed E-state index contributed by atoms with van der Waals surface area (Å²) >= 11 is 0. The van der Waals surface area contributed by atoms with Crippen molar-refractivity contribution >= 4 is 11.6 Å². The number of hydrogen-bond acceptors (Lipinski definition) is 3. The van der Waals surface area contributed by atoms with Gasteiger partial charge in [-0.25, -0.2) is 0 Å². The van der Waals surface area contributed by atoms with Gasteiger partial charge in [0, 0.05) is 18.2 Å². The highest BCUT2D eigenvalue weighted by molar-refractivity contribution is 5.94. The van der Waals surface area contributed by atoms with Crippen LogP contribution in [0.5, 0.6) is 0 Å². The summed E-state index contributed by atoms with van der Waals surface area (Å²) < 4.78 is 13.3. The van der Waals surface area contributed by atoms with Crippen molar-refractivity contribution in [1.82, 2.24) is 5.32 Å². The molecule has 24 heavy (non-hydrogen) atoms. The van der Waals surface area contributed by atoms with Crippen molar-refractivity contribution in [1.29, 1.82) is 0 Å². The van der Waals surface area contributed by atoms with Gasteiger partial charge in [0.2, 0.25) is 5.82 Å². The van der Waals surface area contributed by atoms with Crippen molar-refractivity contribution in [3.05, 3.63) is 74.6 Å². The average molecular weight is 330 g/mol. The number of amides is 1. The molecule has 5 nitrogen and oxygen atoms in total. The van der Waals surface area contributed by atoms with Crippen LogP contribution >= 0.6 is 0 Å². The maximum Gasteiger partial charge on any atom is 0.305 e. The lowest BCUT2D eigenvalue weighted by atomic mass is 10.0. The van der Waals surface area contributed by atoms with Crippen molar-refractivity contribution in [2.45, 2.75) is 26.7 Å². The van der Waals surface area contributed by atoms with Crippen LogP contribution in [0.25, 0.3) is 0 Å². The van der Waals surface area contributed by atoms with Gasteiger partial charge in [-0.3, -0.25) is 14.9 Å². The summed E-state index contributed by atoms with van der Waals surface area (Å²) in [5.41, 5.74) is 3.04. The number of benzene rings is 2. The van der Waals surface area contributed by atoms with Crippen LogP contribution in [-0.4, -0.2) is 17.4 Å². The van der Waals surface area contributed by atoms with Crippen LogP contribution in [0.3, 0.4) is 0 Å². The minimum absolute atomic E-state index is 0.0783. The molecule has 0 heterocycles. The van der Waals surface area contributed by atoms with E-state index in [0.717, 1.165) is 25.0 Å². The summed E-state index contributed by atoms with van der Waals surface area (Å²) in [6.07, 6.45) is 1.58. The van der Waals surface area contributed by atoms with Gasteiger partial charge in [-0.1, -0.05) is 23.8 Å². The van der Waals surface area contributed by atoms with E-state index >= 15 is 0 Å². The predicted octanol–water partition coefficient (Wildman–Crippen LogP) is 3.71. The smallest absolute Gasteiger partial charge is 0.305 e. The van der Waals surface area contributed by atoms with Gasteiger partial charge in [-0.15, -0.1) is 0 Å². The van der Waals surface area contributed by atoms with E-state index in [1.807, 2.05) is 6.92 Å². The van der Waals surface area contributed by atoms with Crippen LogP contribution in [0, 0.1) is 29.8 Å². The van der Waals surface area contributed by atoms with Crippen LogP contribution in [0.1, 0.15) is 33.5 Å². The zero-order valence-electron chi connectivity index (χ0n) is 13.6. The molecule has 0 saturated carbocycles. The van der Waals surface area contributed by atoms with Crippen molar-refractivity contribution in [3.63, 3.8) is 0 Å². The lowest BCUT2D eigenvalue weighted by molar-refractivity contribution is -0.387. The Balaban J connectivity index is 1.89. The largest absolute Gasteiger partial charge is 0.352 e. The molecule has 2 aromatic rings. The molecule has 0 bridgehead atoms. The molecule has 0 radical (unpaired) electrons. The van der Waals surface area contributed by atoms with Crippen LogP contribution in [0.4, 0.5) is 10.1 Å². The van der Waals surface area contributed by atoms with E-state index in [0.29, 0.717) is 6.54 Å². The topological polar surface area (TPSA) is 72.2 Å². The molecule has 0 aromatic heterocycles. The van der Waals surface area contributed by atoms with E-state index in [-0.39, 0.29) is 5.56 Å². The Hall–Kier alpha value is -2.76.